The molecule has 1 fully saturated rings. The van der Waals surface area contributed by atoms with Crippen molar-refractivity contribution < 1.29 is 4.79 Å². The number of nitrogen functional groups attached to an aromatic ring is 1. The van der Waals surface area contributed by atoms with Crippen molar-refractivity contribution in [2.24, 2.45) is 11.7 Å². The number of amides is 1. The normalized spacial score (nSPS) is 16.8. The van der Waals surface area contributed by atoms with E-state index in [4.69, 9.17) is 11.5 Å². The van der Waals surface area contributed by atoms with Crippen LogP contribution in [0.5, 0.6) is 0 Å². The van der Waals surface area contributed by atoms with E-state index in [9.17, 15) is 4.79 Å². The molecule has 4 nitrogen and oxygen atoms in total. The van der Waals surface area contributed by atoms with Gasteiger partial charge in [0.1, 0.15) is 0 Å². The summed E-state index contributed by atoms with van der Waals surface area (Å²) in [5, 5.41) is 0. The Morgan fingerprint density at radius 1 is 1.39 bits per heavy atom. The van der Waals surface area contributed by atoms with Crippen LogP contribution in [0, 0.1) is 12.8 Å². The van der Waals surface area contributed by atoms with E-state index in [0.29, 0.717) is 12.3 Å². The topological polar surface area (TPSA) is 72.3 Å². The Hall–Kier alpha value is -1.71. The van der Waals surface area contributed by atoms with Gasteiger partial charge in [0.05, 0.1) is 11.4 Å². The lowest BCUT2D eigenvalue weighted by Crippen LogP contribution is -2.35. The highest BCUT2D eigenvalue weighted by Crippen LogP contribution is 2.29. The van der Waals surface area contributed by atoms with Crippen molar-refractivity contribution in [3.05, 3.63) is 23.8 Å². The zero-order valence-electron chi connectivity index (χ0n) is 10.9. The third-order valence-corrected chi connectivity index (χ3v) is 3.63. The number of hydrogen-bond donors (Lipinski definition) is 2. The quantitative estimate of drug-likeness (QED) is 0.798. The molecule has 0 aliphatic carbocycles. The largest absolute Gasteiger partial charge is 0.397 e. The van der Waals surface area contributed by atoms with E-state index in [2.05, 4.69) is 17.9 Å². The number of carbonyl (C=O) groups is 1. The van der Waals surface area contributed by atoms with Crippen molar-refractivity contribution in [3.8, 4) is 0 Å². The molecule has 1 heterocycles. The van der Waals surface area contributed by atoms with Crippen molar-refractivity contribution in [1.82, 2.24) is 0 Å². The van der Waals surface area contributed by atoms with Crippen LogP contribution in [0.2, 0.25) is 0 Å². The lowest BCUT2D eigenvalue weighted by molar-refractivity contribution is -0.119. The molecule has 1 aromatic carbocycles. The highest BCUT2D eigenvalue weighted by atomic mass is 16.1. The van der Waals surface area contributed by atoms with Gasteiger partial charge in [-0.1, -0.05) is 6.07 Å². The molecule has 0 radical (unpaired) electrons. The molecule has 1 aliphatic heterocycles. The van der Waals surface area contributed by atoms with Crippen LogP contribution >= 0.6 is 0 Å². The number of rotatable bonds is 3. The SMILES string of the molecule is Cc1ccc(N)c(N2CCC(CC(N)=O)CC2)c1. The highest BCUT2D eigenvalue weighted by Gasteiger charge is 2.21. The molecule has 1 aliphatic rings. The van der Waals surface area contributed by atoms with Crippen LogP contribution < -0.4 is 16.4 Å². The minimum Gasteiger partial charge on any atom is -0.397 e. The Morgan fingerprint density at radius 2 is 2.06 bits per heavy atom. The maximum absolute atomic E-state index is 10.9. The molecule has 98 valence electrons. The van der Waals surface area contributed by atoms with Crippen LogP contribution in [0.25, 0.3) is 0 Å². The predicted octanol–water partition coefficient (Wildman–Crippen LogP) is 1.67. The lowest BCUT2D eigenvalue weighted by atomic mass is 9.93. The molecule has 4 heteroatoms. The number of benzene rings is 1. The van der Waals surface area contributed by atoms with Crippen molar-refractivity contribution in [2.75, 3.05) is 23.7 Å². The molecule has 0 saturated carbocycles. The standard InChI is InChI=1S/C14H21N3O/c1-10-2-3-12(15)13(8-10)17-6-4-11(5-7-17)9-14(16)18/h2-3,8,11H,4-7,9,15H2,1H3,(H2,16,18). The van der Waals surface area contributed by atoms with E-state index in [1.165, 1.54) is 5.56 Å². The summed E-state index contributed by atoms with van der Waals surface area (Å²) in [6, 6.07) is 6.11. The van der Waals surface area contributed by atoms with Crippen LogP contribution in [0.4, 0.5) is 11.4 Å². The number of nitrogens with two attached hydrogens (primary N) is 2. The third-order valence-electron chi connectivity index (χ3n) is 3.63. The molecule has 0 unspecified atom stereocenters. The maximum Gasteiger partial charge on any atom is 0.217 e. The van der Waals surface area contributed by atoms with Crippen molar-refractivity contribution >= 4 is 17.3 Å². The van der Waals surface area contributed by atoms with E-state index in [-0.39, 0.29) is 5.91 Å². The van der Waals surface area contributed by atoms with Crippen LogP contribution in [0.3, 0.4) is 0 Å². The number of anilines is 2. The van der Waals surface area contributed by atoms with E-state index in [0.717, 1.165) is 37.3 Å². The van der Waals surface area contributed by atoms with Crippen molar-refractivity contribution in [1.29, 1.82) is 0 Å². The van der Waals surface area contributed by atoms with Crippen LogP contribution in [0.15, 0.2) is 18.2 Å². The molecular weight excluding hydrogens is 226 g/mol. The summed E-state index contributed by atoms with van der Waals surface area (Å²) >= 11 is 0. The number of hydrogen-bond acceptors (Lipinski definition) is 3. The van der Waals surface area contributed by atoms with E-state index < -0.39 is 0 Å². The first kappa shape index (κ1) is 12.7. The number of carbonyl (C=O) groups excluding carboxylic acids is 1. The predicted molar refractivity (Wildman–Crippen MR) is 74.3 cm³/mol. The fraction of sp³-hybridized carbons (Fsp3) is 0.500. The lowest BCUT2D eigenvalue weighted by Gasteiger charge is -2.34. The third kappa shape index (κ3) is 2.94. The zero-order valence-corrected chi connectivity index (χ0v) is 10.9. The minimum absolute atomic E-state index is 0.191. The Labute approximate surface area is 108 Å². The van der Waals surface area contributed by atoms with Gasteiger partial charge in [-0.2, -0.15) is 0 Å². The van der Waals surface area contributed by atoms with Gasteiger partial charge in [0.2, 0.25) is 5.91 Å². The molecule has 0 atom stereocenters. The van der Waals surface area contributed by atoms with Gasteiger partial charge in [0.15, 0.2) is 0 Å². The minimum atomic E-state index is -0.191. The molecular formula is C14H21N3O. The van der Waals surface area contributed by atoms with Crippen molar-refractivity contribution in [3.63, 3.8) is 0 Å². The molecule has 0 spiro atoms. The Bertz CT molecular complexity index is 437. The first-order chi connectivity index (χ1) is 8.56. The molecule has 1 amide bonds. The molecule has 1 saturated heterocycles. The first-order valence-electron chi connectivity index (χ1n) is 6.45. The Kier molecular flexibility index (Phi) is 3.75. The van der Waals surface area contributed by atoms with E-state index >= 15 is 0 Å². The summed E-state index contributed by atoms with van der Waals surface area (Å²) in [5.41, 5.74) is 14.4. The fourth-order valence-corrected chi connectivity index (χ4v) is 2.59. The smallest absolute Gasteiger partial charge is 0.217 e. The maximum atomic E-state index is 10.9. The summed E-state index contributed by atoms with van der Waals surface area (Å²) in [7, 11) is 0. The molecule has 0 bridgehead atoms. The second kappa shape index (κ2) is 5.29. The summed E-state index contributed by atoms with van der Waals surface area (Å²) in [6.45, 7) is 3.97. The summed E-state index contributed by atoms with van der Waals surface area (Å²) in [4.78, 5) is 13.2. The zero-order chi connectivity index (χ0) is 13.1. The van der Waals surface area contributed by atoms with Gasteiger partial charge in [0, 0.05) is 19.5 Å². The molecule has 4 N–H and O–H groups in total. The number of nitrogens with zero attached hydrogens (tertiary/aromatic N) is 1. The molecule has 0 aromatic heterocycles. The summed E-state index contributed by atoms with van der Waals surface area (Å²) < 4.78 is 0. The van der Waals surface area contributed by atoms with E-state index in [1.807, 2.05) is 12.1 Å². The Balaban J connectivity index is 2.01. The number of primary amides is 1. The summed E-state index contributed by atoms with van der Waals surface area (Å²) in [6.07, 6.45) is 2.53. The van der Waals surface area contributed by atoms with Gasteiger partial charge < -0.3 is 16.4 Å². The van der Waals surface area contributed by atoms with E-state index in [1.54, 1.807) is 0 Å². The van der Waals surface area contributed by atoms with Crippen molar-refractivity contribution in [2.45, 2.75) is 26.2 Å². The number of aryl methyl sites for hydroxylation is 1. The molecule has 2 rings (SSSR count). The monoisotopic (exact) mass is 247 g/mol. The van der Waals surface area contributed by atoms with Crippen LogP contribution in [-0.4, -0.2) is 19.0 Å². The second-order valence-corrected chi connectivity index (χ2v) is 5.16. The van der Waals surface area contributed by atoms with Crippen LogP contribution in [0.1, 0.15) is 24.8 Å². The Morgan fingerprint density at radius 3 is 2.67 bits per heavy atom. The summed E-state index contributed by atoms with van der Waals surface area (Å²) in [5.74, 6) is 0.244. The van der Waals surface area contributed by atoms with Gasteiger partial charge in [-0.15, -0.1) is 0 Å². The van der Waals surface area contributed by atoms with Gasteiger partial charge in [-0.3, -0.25) is 4.79 Å². The fourth-order valence-electron chi connectivity index (χ4n) is 2.59. The van der Waals surface area contributed by atoms with Gasteiger partial charge in [0.25, 0.3) is 0 Å². The average Bonchev–Trinajstić information content (AvgIpc) is 2.33. The van der Waals surface area contributed by atoms with Gasteiger partial charge in [-0.25, -0.2) is 0 Å². The molecule has 18 heavy (non-hydrogen) atoms. The van der Waals surface area contributed by atoms with Gasteiger partial charge in [-0.05, 0) is 43.4 Å². The highest BCUT2D eigenvalue weighted by molar-refractivity contribution is 5.74. The number of piperidine rings is 1. The molecule has 1 aromatic rings. The second-order valence-electron chi connectivity index (χ2n) is 5.16. The first-order valence-corrected chi connectivity index (χ1v) is 6.45. The van der Waals surface area contributed by atoms with Gasteiger partial charge >= 0.3 is 0 Å². The van der Waals surface area contributed by atoms with Crippen LogP contribution in [-0.2, 0) is 4.79 Å². The average molecular weight is 247 g/mol.